The van der Waals surface area contributed by atoms with Crippen molar-refractivity contribution >= 4 is 28.4 Å². The average molecular weight is 254 g/mol. The maximum atomic E-state index is 11.5. The van der Waals surface area contributed by atoms with E-state index < -0.39 is 0 Å². The van der Waals surface area contributed by atoms with Gasteiger partial charge in [0.15, 0.2) is 0 Å². The highest BCUT2D eigenvalue weighted by Gasteiger charge is 2.18. The van der Waals surface area contributed by atoms with Gasteiger partial charge in [-0.05, 0) is 19.1 Å². The number of rotatable bonds is 1. The van der Waals surface area contributed by atoms with E-state index in [2.05, 4.69) is 0 Å². The fourth-order valence-electron chi connectivity index (χ4n) is 1.96. The third-order valence-electron chi connectivity index (χ3n) is 2.76. The minimum atomic E-state index is -0.172. The summed E-state index contributed by atoms with van der Waals surface area (Å²) in [6.07, 6.45) is 0. The lowest BCUT2D eigenvalue weighted by Gasteiger charge is -2.05. The molecule has 0 saturated heterocycles. The fourth-order valence-corrected chi connectivity index (χ4v) is 2.20. The average Bonchev–Trinajstić information content (AvgIpc) is 2.50. The number of hydrogen-bond donors (Lipinski definition) is 1. The van der Waals surface area contributed by atoms with E-state index in [1.165, 1.54) is 18.6 Å². The molecule has 0 atom stereocenters. The molecular weight excluding hydrogens is 242 g/mol. The number of aromatic nitrogens is 1. The van der Waals surface area contributed by atoms with E-state index in [0.29, 0.717) is 27.4 Å². The molecule has 0 saturated carbocycles. The first-order chi connectivity index (χ1) is 7.97. The SMILES string of the molecule is COc1cc2c(O)c(C)n(C(C)=O)c2cc1Cl. The number of hydrogen-bond acceptors (Lipinski definition) is 3. The lowest BCUT2D eigenvalue weighted by Crippen LogP contribution is -2.06. The Morgan fingerprint density at radius 1 is 1.47 bits per heavy atom. The number of benzene rings is 1. The molecule has 4 nitrogen and oxygen atoms in total. The van der Waals surface area contributed by atoms with Crippen molar-refractivity contribution < 1.29 is 14.6 Å². The van der Waals surface area contributed by atoms with Crippen molar-refractivity contribution in [3.05, 3.63) is 22.8 Å². The van der Waals surface area contributed by atoms with Gasteiger partial charge in [-0.2, -0.15) is 0 Å². The van der Waals surface area contributed by atoms with Crippen LogP contribution in [0, 0.1) is 6.92 Å². The molecule has 0 spiro atoms. The van der Waals surface area contributed by atoms with Gasteiger partial charge in [0.25, 0.3) is 0 Å². The number of ether oxygens (including phenoxy) is 1. The molecule has 0 aliphatic carbocycles. The lowest BCUT2D eigenvalue weighted by atomic mass is 10.2. The van der Waals surface area contributed by atoms with Crippen molar-refractivity contribution in [1.29, 1.82) is 0 Å². The molecule has 0 aliphatic heterocycles. The predicted molar refractivity (Wildman–Crippen MR) is 66.2 cm³/mol. The van der Waals surface area contributed by atoms with Crippen LogP contribution in [0.1, 0.15) is 17.4 Å². The molecule has 5 heteroatoms. The van der Waals surface area contributed by atoms with Crippen LogP contribution in [0.3, 0.4) is 0 Å². The zero-order valence-corrected chi connectivity index (χ0v) is 10.5. The van der Waals surface area contributed by atoms with Gasteiger partial charge in [0.1, 0.15) is 11.5 Å². The summed E-state index contributed by atoms with van der Waals surface area (Å²) < 4.78 is 6.51. The van der Waals surface area contributed by atoms with Crippen molar-refractivity contribution in [3.8, 4) is 11.5 Å². The van der Waals surface area contributed by atoms with Crippen molar-refractivity contribution in [3.63, 3.8) is 0 Å². The molecule has 1 aromatic carbocycles. The molecule has 0 radical (unpaired) electrons. The molecule has 2 rings (SSSR count). The zero-order valence-electron chi connectivity index (χ0n) is 9.74. The number of carbonyl (C=O) groups excluding carboxylic acids is 1. The Kier molecular flexibility index (Phi) is 2.75. The van der Waals surface area contributed by atoms with Crippen LogP contribution in [0.5, 0.6) is 11.5 Å². The van der Waals surface area contributed by atoms with Crippen molar-refractivity contribution in [2.45, 2.75) is 13.8 Å². The van der Waals surface area contributed by atoms with Gasteiger partial charge in [-0.25, -0.2) is 0 Å². The van der Waals surface area contributed by atoms with Crippen LogP contribution in [-0.4, -0.2) is 22.7 Å². The largest absolute Gasteiger partial charge is 0.505 e. The summed E-state index contributed by atoms with van der Waals surface area (Å²) in [5, 5.41) is 10.9. The summed E-state index contributed by atoms with van der Waals surface area (Å²) in [6, 6.07) is 3.24. The second kappa shape index (κ2) is 3.96. The molecule has 0 unspecified atom stereocenters. The minimum Gasteiger partial charge on any atom is -0.505 e. The molecule has 0 amide bonds. The molecule has 0 fully saturated rings. The van der Waals surface area contributed by atoms with E-state index in [0.717, 1.165) is 0 Å². The Morgan fingerprint density at radius 2 is 2.12 bits per heavy atom. The Balaban J connectivity index is 2.91. The highest BCUT2D eigenvalue weighted by Crippen LogP contribution is 2.37. The van der Waals surface area contributed by atoms with Gasteiger partial charge in [-0.15, -0.1) is 0 Å². The van der Waals surface area contributed by atoms with Gasteiger partial charge in [0.2, 0.25) is 5.91 Å². The van der Waals surface area contributed by atoms with E-state index in [1.807, 2.05) is 0 Å². The molecule has 0 aliphatic rings. The van der Waals surface area contributed by atoms with Crippen LogP contribution in [0.2, 0.25) is 5.02 Å². The second-order valence-corrected chi connectivity index (χ2v) is 4.20. The van der Waals surface area contributed by atoms with Crippen LogP contribution in [-0.2, 0) is 0 Å². The van der Waals surface area contributed by atoms with Gasteiger partial charge < -0.3 is 9.84 Å². The molecule has 90 valence electrons. The molecule has 2 aromatic rings. The highest BCUT2D eigenvalue weighted by atomic mass is 35.5. The summed E-state index contributed by atoms with van der Waals surface area (Å²) in [7, 11) is 1.50. The summed E-state index contributed by atoms with van der Waals surface area (Å²) >= 11 is 6.01. The van der Waals surface area contributed by atoms with Crippen LogP contribution in [0.4, 0.5) is 0 Å². The number of aromatic hydroxyl groups is 1. The molecule has 1 aromatic heterocycles. The van der Waals surface area contributed by atoms with E-state index >= 15 is 0 Å². The Morgan fingerprint density at radius 3 is 2.65 bits per heavy atom. The summed E-state index contributed by atoms with van der Waals surface area (Å²) in [6.45, 7) is 3.11. The third-order valence-corrected chi connectivity index (χ3v) is 3.05. The highest BCUT2D eigenvalue weighted by molar-refractivity contribution is 6.33. The predicted octanol–water partition coefficient (Wildman–Crippen LogP) is 2.98. The first-order valence-corrected chi connectivity index (χ1v) is 5.43. The third kappa shape index (κ3) is 1.65. The number of nitrogens with zero attached hydrogens (tertiary/aromatic N) is 1. The second-order valence-electron chi connectivity index (χ2n) is 3.79. The number of halogens is 1. The van der Waals surface area contributed by atoms with Crippen LogP contribution < -0.4 is 4.74 Å². The number of fused-ring (bicyclic) bond motifs is 1. The standard InChI is InChI=1S/C12H12ClNO3/c1-6-12(16)8-4-11(17-3)9(13)5-10(8)14(6)7(2)15/h4-5,16H,1-3H3. The van der Waals surface area contributed by atoms with Crippen molar-refractivity contribution in [2.75, 3.05) is 7.11 Å². The summed E-state index contributed by atoms with van der Waals surface area (Å²) in [4.78, 5) is 11.5. The molecule has 1 N–H and O–H groups in total. The van der Waals surface area contributed by atoms with Gasteiger partial charge in [0.05, 0.1) is 23.3 Å². The van der Waals surface area contributed by atoms with E-state index in [9.17, 15) is 9.90 Å². The minimum absolute atomic E-state index is 0.0742. The van der Waals surface area contributed by atoms with E-state index in [4.69, 9.17) is 16.3 Å². The zero-order chi connectivity index (χ0) is 12.7. The van der Waals surface area contributed by atoms with Crippen molar-refractivity contribution in [1.82, 2.24) is 4.57 Å². The fraction of sp³-hybridized carbons (Fsp3) is 0.250. The van der Waals surface area contributed by atoms with Gasteiger partial charge in [-0.1, -0.05) is 11.6 Å². The van der Waals surface area contributed by atoms with Crippen LogP contribution in [0.15, 0.2) is 12.1 Å². The van der Waals surface area contributed by atoms with Gasteiger partial charge in [-0.3, -0.25) is 9.36 Å². The topological polar surface area (TPSA) is 51.5 Å². The monoisotopic (exact) mass is 253 g/mol. The normalized spacial score (nSPS) is 10.8. The maximum absolute atomic E-state index is 11.5. The first-order valence-electron chi connectivity index (χ1n) is 5.05. The Labute approximate surface area is 103 Å². The van der Waals surface area contributed by atoms with Crippen molar-refractivity contribution in [2.24, 2.45) is 0 Å². The number of methoxy groups -OCH3 is 1. The van der Waals surface area contributed by atoms with Crippen LogP contribution in [0.25, 0.3) is 10.9 Å². The van der Waals surface area contributed by atoms with Gasteiger partial charge in [0, 0.05) is 12.3 Å². The maximum Gasteiger partial charge on any atom is 0.228 e. The van der Waals surface area contributed by atoms with E-state index in [-0.39, 0.29) is 11.7 Å². The smallest absolute Gasteiger partial charge is 0.228 e. The molecule has 17 heavy (non-hydrogen) atoms. The van der Waals surface area contributed by atoms with Gasteiger partial charge >= 0.3 is 0 Å². The Hall–Kier alpha value is -1.68. The lowest BCUT2D eigenvalue weighted by molar-refractivity contribution is 0.0939. The van der Waals surface area contributed by atoms with E-state index in [1.54, 1.807) is 19.1 Å². The summed E-state index contributed by atoms with van der Waals surface area (Å²) in [5.74, 6) is 0.370. The first kappa shape index (κ1) is 11.8. The molecule has 1 heterocycles. The summed E-state index contributed by atoms with van der Waals surface area (Å²) in [5.41, 5.74) is 1.08. The Bertz CT molecular complexity index is 616. The number of carbonyl (C=O) groups is 1. The molecular formula is C12H12ClNO3. The quantitative estimate of drug-likeness (QED) is 0.850. The van der Waals surface area contributed by atoms with Crippen LogP contribution >= 0.6 is 11.6 Å². The molecule has 0 bridgehead atoms.